The number of nitrogens with zero attached hydrogens (tertiary/aromatic N) is 8. The van der Waals surface area contributed by atoms with Crippen molar-refractivity contribution in [1.29, 1.82) is 0 Å². The van der Waals surface area contributed by atoms with Crippen molar-refractivity contribution < 1.29 is 0 Å². The number of rotatable bonds is 3. The van der Waals surface area contributed by atoms with E-state index >= 15 is 0 Å². The molecule has 0 amide bonds. The number of guanidine groups is 1. The predicted octanol–water partition coefficient (Wildman–Crippen LogP) is 0.156. The molecule has 4 rings (SSSR count). The molecule has 3 aromatic heterocycles. The summed E-state index contributed by atoms with van der Waals surface area (Å²) in [6, 6.07) is 5.59. The zero-order valence-corrected chi connectivity index (χ0v) is 13.7. The second-order valence-electron chi connectivity index (χ2n) is 5.73. The average molecular weight is 337 g/mol. The van der Waals surface area contributed by atoms with Crippen LogP contribution >= 0.6 is 0 Å². The smallest absolute Gasteiger partial charge is 0.225 e. The molecule has 0 spiro atoms. The highest BCUT2D eigenvalue weighted by molar-refractivity contribution is 5.78. The van der Waals surface area contributed by atoms with E-state index in [4.69, 9.17) is 5.73 Å². The lowest BCUT2D eigenvalue weighted by molar-refractivity contribution is 0.378. The Bertz CT molecular complexity index is 865. The van der Waals surface area contributed by atoms with Crippen LogP contribution in [0.2, 0.25) is 0 Å². The van der Waals surface area contributed by atoms with E-state index in [1.807, 2.05) is 18.2 Å². The lowest BCUT2D eigenvalue weighted by Gasteiger charge is -2.35. The van der Waals surface area contributed by atoms with Crippen molar-refractivity contribution in [3.05, 3.63) is 48.7 Å². The molecule has 0 saturated carbocycles. The molecule has 1 aliphatic heterocycles. The molecule has 2 N–H and O–H groups in total. The van der Waals surface area contributed by atoms with E-state index in [1.54, 1.807) is 29.3 Å². The molecule has 0 bridgehead atoms. The minimum atomic E-state index is 0.467. The number of aliphatic imine (C=N–C) groups is 1. The van der Waals surface area contributed by atoms with Gasteiger partial charge in [-0.15, -0.1) is 0 Å². The van der Waals surface area contributed by atoms with Crippen molar-refractivity contribution in [2.45, 2.75) is 6.54 Å². The molecule has 0 unspecified atom stereocenters. The molecule has 9 nitrogen and oxygen atoms in total. The summed E-state index contributed by atoms with van der Waals surface area (Å²) in [4.78, 5) is 21.6. The molecule has 0 atom stereocenters. The van der Waals surface area contributed by atoms with Crippen LogP contribution in [0.25, 0.3) is 5.65 Å². The first-order valence-electron chi connectivity index (χ1n) is 8.16. The zero-order chi connectivity index (χ0) is 17.1. The van der Waals surface area contributed by atoms with Gasteiger partial charge in [0.05, 0.1) is 18.4 Å². The summed E-state index contributed by atoms with van der Waals surface area (Å²) in [5.74, 6) is 1.31. The van der Waals surface area contributed by atoms with Gasteiger partial charge in [0.25, 0.3) is 0 Å². The van der Waals surface area contributed by atoms with Crippen LogP contribution in [-0.4, -0.2) is 61.6 Å². The van der Waals surface area contributed by atoms with Crippen molar-refractivity contribution in [2.75, 3.05) is 31.1 Å². The van der Waals surface area contributed by atoms with Crippen LogP contribution in [-0.2, 0) is 6.54 Å². The fourth-order valence-electron chi connectivity index (χ4n) is 2.86. The molecular formula is C16H19N9. The van der Waals surface area contributed by atoms with Crippen LogP contribution < -0.4 is 10.6 Å². The number of hydrogen-bond acceptors (Lipinski definition) is 6. The monoisotopic (exact) mass is 337 g/mol. The van der Waals surface area contributed by atoms with Crippen molar-refractivity contribution >= 4 is 17.6 Å². The third-order valence-corrected chi connectivity index (χ3v) is 4.21. The number of piperazine rings is 1. The Morgan fingerprint density at radius 3 is 2.60 bits per heavy atom. The van der Waals surface area contributed by atoms with E-state index in [0.717, 1.165) is 43.5 Å². The predicted molar refractivity (Wildman–Crippen MR) is 94.1 cm³/mol. The van der Waals surface area contributed by atoms with Gasteiger partial charge in [-0.2, -0.15) is 5.10 Å². The molecule has 25 heavy (non-hydrogen) atoms. The summed E-state index contributed by atoms with van der Waals surface area (Å²) < 4.78 is 1.78. The Morgan fingerprint density at radius 1 is 1.00 bits per heavy atom. The lowest BCUT2D eigenvalue weighted by atomic mass is 10.3. The first-order valence-corrected chi connectivity index (χ1v) is 8.16. The summed E-state index contributed by atoms with van der Waals surface area (Å²) in [5.41, 5.74) is 7.94. The van der Waals surface area contributed by atoms with Crippen molar-refractivity contribution in [1.82, 2.24) is 29.5 Å². The molecule has 1 aliphatic rings. The molecule has 9 heteroatoms. The van der Waals surface area contributed by atoms with E-state index in [0.29, 0.717) is 12.5 Å². The van der Waals surface area contributed by atoms with Gasteiger partial charge in [-0.3, -0.25) is 0 Å². The Hall–Kier alpha value is -3.23. The van der Waals surface area contributed by atoms with Gasteiger partial charge in [0.1, 0.15) is 0 Å². The fourth-order valence-corrected chi connectivity index (χ4v) is 2.86. The molecule has 128 valence electrons. The fraction of sp³-hybridized carbons (Fsp3) is 0.312. The normalized spacial score (nSPS) is 15.8. The third-order valence-electron chi connectivity index (χ3n) is 4.21. The van der Waals surface area contributed by atoms with Crippen LogP contribution in [0.3, 0.4) is 0 Å². The number of nitrogens with two attached hydrogens (primary N) is 1. The molecule has 0 aliphatic carbocycles. The van der Waals surface area contributed by atoms with Crippen LogP contribution in [0.15, 0.2) is 48.0 Å². The van der Waals surface area contributed by atoms with Crippen molar-refractivity contribution in [2.24, 2.45) is 10.7 Å². The summed E-state index contributed by atoms with van der Waals surface area (Å²) >= 11 is 0. The Balaban J connectivity index is 1.39. The lowest BCUT2D eigenvalue weighted by Crippen LogP contribution is -2.51. The average Bonchev–Trinajstić information content (AvgIpc) is 3.16. The van der Waals surface area contributed by atoms with Crippen LogP contribution in [0.5, 0.6) is 0 Å². The minimum Gasteiger partial charge on any atom is -0.370 e. The first kappa shape index (κ1) is 15.3. The standard InChI is InChI=1S/C16H19N9/c17-15(21-12-13-2-6-18-14-3-7-22-25(13)14)23-8-10-24(11-9-23)16-19-4-1-5-20-16/h1-7H,8-12H2,(H2,17,21). The number of hydrogen-bond donors (Lipinski definition) is 1. The quantitative estimate of drug-likeness (QED) is 0.536. The van der Waals surface area contributed by atoms with Crippen molar-refractivity contribution in [3.63, 3.8) is 0 Å². The Labute approximate surface area is 144 Å². The van der Waals surface area contributed by atoms with Gasteiger partial charge < -0.3 is 15.5 Å². The van der Waals surface area contributed by atoms with Gasteiger partial charge in [0, 0.05) is 50.8 Å². The zero-order valence-electron chi connectivity index (χ0n) is 13.7. The van der Waals surface area contributed by atoms with Gasteiger partial charge in [0.15, 0.2) is 11.6 Å². The molecule has 0 radical (unpaired) electrons. The summed E-state index contributed by atoms with van der Waals surface area (Å²) in [7, 11) is 0. The van der Waals surface area contributed by atoms with Crippen molar-refractivity contribution in [3.8, 4) is 0 Å². The molecule has 3 aromatic rings. The highest BCUT2D eigenvalue weighted by Gasteiger charge is 2.19. The molecule has 1 saturated heterocycles. The second-order valence-corrected chi connectivity index (χ2v) is 5.73. The van der Waals surface area contributed by atoms with E-state index in [9.17, 15) is 0 Å². The highest BCUT2D eigenvalue weighted by atomic mass is 15.4. The van der Waals surface area contributed by atoms with E-state index in [1.165, 1.54) is 0 Å². The first-order chi connectivity index (χ1) is 12.3. The van der Waals surface area contributed by atoms with Gasteiger partial charge in [-0.25, -0.2) is 24.5 Å². The molecule has 0 aromatic carbocycles. The van der Waals surface area contributed by atoms with Gasteiger partial charge in [0.2, 0.25) is 5.95 Å². The molecular weight excluding hydrogens is 318 g/mol. The van der Waals surface area contributed by atoms with Gasteiger partial charge in [-0.1, -0.05) is 0 Å². The summed E-state index contributed by atoms with van der Waals surface area (Å²) in [5, 5.41) is 4.26. The van der Waals surface area contributed by atoms with E-state index in [-0.39, 0.29) is 0 Å². The maximum Gasteiger partial charge on any atom is 0.225 e. The van der Waals surface area contributed by atoms with Gasteiger partial charge in [-0.05, 0) is 12.1 Å². The third kappa shape index (κ3) is 3.21. The van der Waals surface area contributed by atoms with Crippen LogP contribution in [0.4, 0.5) is 5.95 Å². The Kier molecular flexibility index (Phi) is 4.11. The SMILES string of the molecule is NC(=NCc1ccnc2ccnn12)N1CCN(c2ncccn2)CC1. The van der Waals surface area contributed by atoms with E-state index in [2.05, 4.69) is 34.8 Å². The second kappa shape index (κ2) is 6.71. The highest BCUT2D eigenvalue weighted by Crippen LogP contribution is 2.10. The summed E-state index contributed by atoms with van der Waals surface area (Å²) in [6.45, 7) is 3.69. The van der Waals surface area contributed by atoms with E-state index < -0.39 is 0 Å². The molecule has 4 heterocycles. The summed E-state index contributed by atoms with van der Waals surface area (Å²) in [6.07, 6.45) is 7.00. The molecule has 1 fully saturated rings. The topological polar surface area (TPSA) is 101 Å². The number of aromatic nitrogens is 5. The van der Waals surface area contributed by atoms with Crippen LogP contribution in [0.1, 0.15) is 5.69 Å². The largest absolute Gasteiger partial charge is 0.370 e. The Morgan fingerprint density at radius 2 is 1.80 bits per heavy atom. The number of fused-ring (bicyclic) bond motifs is 1. The maximum atomic E-state index is 6.18. The van der Waals surface area contributed by atoms with Crippen LogP contribution in [0, 0.1) is 0 Å². The minimum absolute atomic E-state index is 0.467. The number of anilines is 1. The maximum absolute atomic E-state index is 6.18. The van der Waals surface area contributed by atoms with Gasteiger partial charge >= 0.3 is 0 Å².